The number of hydrogen-bond donors (Lipinski definition) is 0. The molecule has 0 spiro atoms. The molecule has 0 radical (unpaired) electrons. The molecule has 2 aliphatic rings. The number of carbonyl (C=O) groups excluding carboxylic acids is 1. The van der Waals surface area contributed by atoms with Crippen molar-refractivity contribution in [2.45, 2.75) is 38.1 Å². The van der Waals surface area contributed by atoms with Crippen LogP contribution in [-0.4, -0.2) is 67.2 Å². The Morgan fingerprint density at radius 3 is 2.66 bits per heavy atom. The van der Waals surface area contributed by atoms with Gasteiger partial charge in [0.1, 0.15) is 17.2 Å². The van der Waals surface area contributed by atoms with Crippen LogP contribution in [0.1, 0.15) is 42.6 Å². The molecule has 0 N–H and O–H groups in total. The molecule has 0 aliphatic carbocycles. The van der Waals surface area contributed by atoms with Gasteiger partial charge < -0.3 is 23.8 Å². The number of aryl methyl sites for hydroxylation is 1. The molecule has 158 valence electrons. The maximum Gasteiger partial charge on any atom is 0.270 e. The summed E-state index contributed by atoms with van der Waals surface area (Å²) in [5.41, 5.74) is 1.62. The van der Waals surface area contributed by atoms with E-state index in [1.807, 2.05) is 41.8 Å². The Labute approximate surface area is 173 Å². The number of hydrogen-bond acceptors (Lipinski definition) is 4. The number of aromatic nitrogens is 1. The highest BCUT2D eigenvalue weighted by Gasteiger charge is 2.34. The third kappa shape index (κ3) is 3.70. The lowest BCUT2D eigenvalue weighted by Gasteiger charge is -2.45. The predicted octanol–water partition coefficient (Wildman–Crippen LogP) is 3.53. The average molecular weight is 400 g/mol. The zero-order chi connectivity index (χ0) is 20.5. The number of methoxy groups -OCH3 is 2. The topological polar surface area (TPSA) is 46.9 Å². The van der Waals surface area contributed by atoms with Crippen LogP contribution in [0.2, 0.25) is 0 Å². The smallest absolute Gasteiger partial charge is 0.270 e. The molecule has 29 heavy (non-hydrogen) atoms. The second-order valence-electron chi connectivity index (χ2n) is 8.54. The second-order valence-corrected chi connectivity index (χ2v) is 8.54. The van der Waals surface area contributed by atoms with Crippen LogP contribution in [0.4, 0.5) is 0 Å². The Hall–Kier alpha value is -2.21. The molecule has 1 aromatic carbocycles. The van der Waals surface area contributed by atoms with E-state index in [1.54, 1.807) is 14.2 Å². The number of carbonyl (C=O) groups is 1. The van der Waals surface area contributed by atoms with E-state index in [0.717, 1.165) is 28.9 Å². The summed E-state index contributed by atoms with van der Waals surface area (Å²) in [5, 5.41) is 0.934. The second kappa shape index (κ2) is 8.27. The van der Waals surface area contributed by atoms with Crippen LogP contribution in [0, 0.1) is 5.92 Å². The Bertz CT molecular complexity index is 889. The molecule has 1 aromatic heterocycles. The first-order valence-electron chi connectivity index (χ1n) is 10.7. The third-order valence-electron chi connectivity index (χ3n) is 6.86. The standard InChI is InChI=1S/C23H33N3O3/c1-24(15-16-8-7-11-26-10-6-5-9-19(16)26)23(27)21-14-18-20(25(21)2)12-17(28-3)13-22(18)29-4/h12-14,16,19H,5-11,15H2,1-4H3/t16-,19+/m0/s1. The van der Waals surface area contributed by atoms with Crippen molar-refractivity contribution in [3.63, 3.8) is 0 Å². The van der Waals surface area contributed by atoms with Gasteiger partial charge in [-0.1, -0.05) is 6.42 Å². The van der Waals surface area contributed by atoms with Gasteiger partial charge in [0.05, 0.1) is 19.7 Å². The fourth-order valence-corrected chi connectivity index (χ4v) is 5.29. The van der Waals surface area contributed by atoms with Crippen molar-refractivity contribution < 1.29 is 14.3 Å². The monoisotopic (exact) mass is 399 g/mol. The molecule has 1 amide bonds. The van der Waals surface area contributed by atoms with Crippen LogP contribution in [0.15, 0.2) is 18.2 Å². The molecule has 0 saturated carbocycles. The van der Waals surface area contributed by atoms with Gasteiger partial charge in [-0.3, -0.25) is 4.79 Å². The SMILES string of the molecule is COc1cc(OC)c2cc(C(=O)N(C)C[C@@H]3CCCN4CCCC[C@H]34)n(C)c2c1. The van der Waals surface area contributed by atoms with E-state index in [2.05, 4.69) is 4.90 Å². The zero-order valence-corrected chi connectivity index (χ0v) is 18.1. The van der Waals surface area contributed by atoms with E-state index in [4.69, 9.17) is 9.47 Å². The molecule has 2 saturated heterocycles. The first-order valence-corrected chi connectivity index (χ1v) is 10.7. The fraction of sp³-hybridized carbons (Fsp3) is 0.609. The van der Waals surface area contributed by atoms with Crippen LogP contribution in [0.5, 0.6) is 11.5 Å². The summed E-state index contributed by atoms with van der Waals surface area (Å²) < 4.78 is 12.9. The lowest BCUT2D eigenvalue weighted by Crippen LogP contribution is -2.51. The normalized spacial score (nSPS) is 22.3. The zero-order valence-electron chi connectivity index (χ0n) is 18.1. The Kier molecular flexibility index (Phi) is 5.72. The lowest BCUT2D eigenvalue weighted by molar-refractivity contribution is 0.0400. The Morgan fingerprint density at radius 1 is 1.10 bits per heavy atom. The minimum atomic E-state index is 0.0673. The van der Waals surface area contributed by atoms with E-state index in [-0.39, 0.29) is 5.91 Å². The molecule has 3 heterocycles. The minimum absolute atomic E-state index is 0.0673. The molecule has 2 atom stereocenters. The molecule has 2 aromatic rings. The van der Waals surface area contributed by atoms with Crippen molar-refractivity contribution in [3.8, 4) is 11.5 Å². The highest BCUT2D eigenvalue weighted by atomic mass is 16.5. The van der Waals surface area contributed by atoms with E-state index in [9.17, 15) is 4.79 Å². The number of ether oxygens (including phenoxy) is 2. The largest absolute Gasteiger partial charge is 0.497 e. The molecule has 2 fully saturated rings. The van der Waals surface area contributed by atoms with Gasteiger partial charge in [-0.2, -0.15) is 0 Å². The highest BCUT2D eigenvalue weighted by Crippen LogP contribution is 2.34. The van der Waals surface area contributed by atoms with Crippen molar-refractivity contribution in [3.05, 3.63) is 23.9 Å². The predicted molar refractivity (Wildman–Crippen MR) is 115 cm³/mol. The van der Waals surface area contributed by atoms with Gasteiger partial charge in [-0.05, 0) is 50.8 Å². The van der Waals surface area contributed by atoms with Gasteiger partial charge in [-0.15, -0.1) is 0 Å². The third-order valence-corrected chi connectivity index (χ3v) is 6.86. The fourth-order valence-electron chi connectivity index (χ4n) is 5.29. The number of rotatable bonds is 5. The van der Waals surface area contributed by atoms with Crippen LogP contribution >= 0.6 is 0 Å². The van der Waals surface area contributed by atoms with E-state index >= 15 is 0 Å². The van der Waals surface area contributed by atoms with Gasteiger partial charge in [0.25, 0.3) is 5.91 Å². The summed E-state index contributed by atoms with van der Waals surface area (Å²) in [6.45, 7) is 3.27. The summed E-state index contributed by atoms with van der Waals surface area (Å²) >= 11 is 0. The van der Waals surface area contributed by atoms with Crippen molar-refractivity contribution in [1.29, 1.82) is 0 Å². The molecular formula is C23H33N3O3. The lowest BCUT2D eigenvalue weighted by atomic mass is 9.83. The average Bonchev–Trinajstić information content (AvgIpc) is 3.09. The van der Waals surface area contributed by atoms with E-state index in [0.29, 0.717) is 17.7 Å². The maximum absolute atomic E-state index is 13.3. The maximum atomic E-state index is 13.3. The number of piperidine rings is 2. The van der Waals surface area contributed by atoms with E-state index < -0.39 is 0 Å². The minimum Gasteiger partial charge on any atom is -0.497 e. The van der Waals surface area contributed by atoms with Crippen molar-refractivity contribution >= 4 is 16.8 Å². The number of nitrogens with zero attached hydrogens (tertiary/aromatic N) is 3. The van der Waals surface area contributed by atoms with Gasteiger partial charge in [0.2, 0.25) is 0 Å². The Balaban J connectivity index is 1.57. The van der Waals surface area contributed by atoms with E-state index in [1.165, 1.54) is 45.2 Å². The number of fused-ring (bicyclic) bond motifs is 2. The van der Waals surface area contributed by atoms with Crippen molar-refractivity contribution in [1.82, 2.24) is 14.4 Å². The van der Waals surface area contributed by atoms with Gasteiger partial charge in [-0.25, -0.2) is 0 Å². The van der Waals surface area contributed by atoms with Gasteiger partial charge in [0, 0.05) is 44.2 Å². The van der Waals surface area contributed by atoms with Crippen molar-refractivity contribution in [2.75, 3.05) is 40.9 Å². The molecule has 0 bridgehead atoms. The van der Waals surface area contributed by atoms with Gasteiger partial charge >= 0.3 is 0 Å². The molecule has 6 heteroatoms. The van der Waals surface area contributed by atoms with Crippen LogP contribution in [-0.2, 0) is 7.05 Å². The molecule has 6 nitrogen and oxygen atoms in total. The molecule has 0 unspecified atom stereocenters. The number of amides is 1. The number of benzene rings is 1. The summed E-state index contributed by atoms with van der Waals surface area (Å²) in [5.74, 6) is 2.09. The molecule has 2 aliphatic heterocycles. The summed E-state index contributed by atoms with van der Waals surface area (Å²) in [6.07, 6.45) is 6.38. The summed E-state index contributed by atoms with van der Waals surface area (Å²) in [7, 11) is 7.17. The summed E-state index contributed by atoms with van der Waals surface area (Å²) in [4.78, 5) is 17.9. The first-order chi connectivity index (χ1) is 14.0. The molecular weight excluding hydrogens is 366 g/mol. The molecule has 4 rings (SSSR count). The van der Waals surface area contributed by atoms with Gasteiger partial charge in [0.15, 0.2) is 0 Å². The van der Waals surface area contributed by atoms with Crippen LogP contribution < -0.4 is 9.47 Å². The highest BCUT2D eigenvalue weighted by molar-refractivity contribution is 6.00. The van der Waals surface area contributed by atoms with Crippen LogP contribution in [0.25, 0.3) is 10.9 Å². The van der Waals surface area contributed by atoms with Crippen molar-refractivity contribution in [2.24, 2.45) is 13.0 Å². The quantitative estimate of drug-likeness (QED) is 0.772. The Morgan fingerprint density at radius 2 is 1.90 bits per heavy atom. The first kappa shape index (κ1) is 20.1. The van der Waals surface area contributed by atoms with Crippen LogP contribution in [0.3, 0.4) is 0 Å². The summed E-state index contributed by atoms with van der Waals surface area (Å²) in [6, 6.07) is 6.40.